The highest BCUT2D eigenvalue weighted by molar-refractivity contribution is 6.00. The second-order valence-corrected chi connectivity index (χ2v) is 7.79. The zero-order valence-electron chi connectivity index (χ0n) is 17.3. The summed E-state index contributed by atoms with van der Waals surface area (Å²) in [5, 5.41) is 5.93. The third kappa shape index (κ3) is 6.12. The molecule has 5 heteroatoms. The topological polar surface area (TPSA) is 67.4 Å². The van der Waals surface area contributed by atoms with Crippen molar-refractivity contribution in [3.63, 3.8) is 0 Å². The highest BCUT2D eigenvalue weighted by Gasteiger charge is 2.24. The second-order valence-electron chi connectivity index (χ2n) is 7.79. The Hall–Kier alpha value is -2.82. The van der Waals surface area contributed by atoms with E-state index >= 15 is 0 Å². The molecule has 0 aromatic heterocycles. The van der Waals surface area contributed by atoms with E-state index in [1.165, 1.54) is 0 Å². The van der Waals surface area contributed by atoms with Crippen molar-refractivity contribution < 1.29 is 14.3 Å². The van der Waals surface area contributed by atoms with E-state index in [1.807, 2.05) is 65.0 Å². The Balaban J connectivity index is 2.22. The summed E-state index contributed by atoms with van der Waals surface area (Å²) in [5.41, 5.74) is 1.69. The summed E-state index contributed by atoms with van der Waals surface area (Å²) in [5.74, 6) is 0.0247. The van der Waals surface area contributed by atoms with Crippen LogP contribution in [0.15, 0.2) is 48.5 Å². The predicted octanol–water partition coefficient (Wildman–Crippen LogP) is 4.43. The summed E-state index contributed by atoms with van der Waals surface area (Å²) in [6.07, 6.45) is 0.702. The third-order valence-corrected chi connectivity index (χ3v) is 4.26. The molecular formula is C23H30N2O3. The highest BCUT2D eigenvalue weighted by Crippen LogP contribution is 2.25. The first-order valence-electron chi connectivity index (χ1n) is 9.66. The lowest BCUT2D eigenvalue weighted by molar-refractivity contribution is -0.118. The number of carbonyl (C=O) groups is 2. The van der Waals surface area contributed by atoms with Crippen molar-refractivity contribution in [2.75, 3.05) is 11.9 Å². The standard InChI is InChI=1S/C23H30N2O3/c1-6-28-20-13-12-18(24-21(26)16(2)3)14-19(20)22(27)25-23(4,5)15-17-10-8-7-9-11-17/h7-14,16H,6,15H2,1-5H3,(H,24,26)(H,25,27). The minimum Gasteiger partial charge on any atom is -0.493 e. The largest absolute Gasteiger partial charge is 0.493 e. The number of benzene rings is 2. The number of ether oxygens (including phenoxy) is 1. The Morgan fingerprint density at radius 1 is 1.07 bits per heavy atom. The maximum absolute atomic E-state index is 13.0. The summed E-state index contributed by atoms with van der Waals surface area (Å²) in [6.45, 7) is 9.94. The van der Waals surface area contributed by atoms with Gasteiger partial charge in [0.05, 0.1) is 12.2 Å². The van der Waals surface area contributed by atoms with Crippen LogP contribution in [0.5, 0.6) is 5.75 Å². The first-order chi connectivity index (χ1) is 13.2. The molecule has 2 aromatic carbocycles. The first-order valence-corrected chi connectivity index (χ1v) is 9.66. The zero-order valence-corrected chi connectivity index (χ0v) is 17.3. The van der Waals surface area contributed by atoms with Crippen LogP contribution >= 0.6 is 0 Å². The summed E-state index contributed by atoms with van der Waals surface area (Å²) < 4.78 is 5.62. The van der Waals surface area contributed by atoms with Gasteiger partial charge >= 0.3 is 0 Å². The molecule has 28 heavy (non-hydrogen) atoms. The van der Waals surface area contributed by atoms with Gasteiger partial charge in [0.2, 0.25) is 5.91 Å². The van der Waals surface area contributed by atoms with Crippen LogP contribution in [0.3, 0.4) is 0 Å². The van der Waals surface area contributed by atoms with Crippen LogP contribution in [0.2, 0.25) is 0 Å². The van der Waals surface area contributed by atoms with Gasteiger partial charge in [-0.2, -0.15) is 0 Å². The van der Waals surface area contributed by atoms with Gasteiger partial charge in [-0.15, -0.1) is 0 Å². The maximum Gasteiger partial charge on any atom is 0.255 e. The molecule has 2 N–H and O–H groups in total. The van der Waals surface area contributed by atoms with Crippen molar-refractivity contribution in [3.05, 3.63) is 59.7 Å². The average Bonchev–Trinajstić information content (AvgIpc) is 2.63. The third-order valence-electron chi connectivity index (χ3n) is 4.26. The molecule has 2 aromatic rings. The Labute approximate surface area is 167 Å². The number of hydrogen-bond donors (Lipinski definition) is 2. The normalized spacial score (nSPS) is 11.2. The molecule has 0 unspecified atom stereocenters. The molecule has 0 aliphatic carbocycles. The van der Waals surface area contributed by atoms with E-state index in [0.717, 1.165) is 5.56 Å². The summed E-state index contributed by atoms with van der Waals surface area (Å²) in [4.78, 5) is 25.0. The van der Waals surface area contributed by atoms with Crippen molar-refractivity contribution in [3.8, 4) is 5.75 Å². The number of carbonyl (C=O) groups excluding carboxylic acids is 2. The van der Waals surface area contributed by atoms with E-state index in [4.69, 9.17) is 4.74 Å². The lowest BCUT2D eigenvalue weighted by Crippen LogP contribution is -2.45. The fraction of sp³-hybridized carbons (Fsp3) is 0.391. The lowest BCUT2D eigenvalue weighted by Gasteiger charge is -2.27. The van der Waals surface area contributed by atoms with Gasteiger partial charge in [-0.25, -0.2) is 0 Å². The fourth-order valence-electron chi connectivity index (χ4n) is 2.88. The Bertz CT molecular complexity index is 814. The van der Waals surface area contributed by atoms with Crippen LogP contribution in [0.25, 0.3) is 0 Å². The SMILES string of the molecule is CCOc1ccc(NC(=O)C(C)C)cc1C(=O)NC(C)(C)Cc1ccccc1. The number of nitrogens with one attached hydrogen (secondary N) is 2. The second kappa shape index (κ2) is 9.40. The number of amides is 2. The van der Waals surface area contributed by atoms with Crippen LogP contribution in [-0.4, -0.2) is 24.0 Å². The Morgan fingerprint density at radius 3 is 2.36 bits per heavy atom. The minimum atomic E-state index is -0.445. The van der Waals surface area contributed by atoms with Crippen LogP contribution in [0, 0.1) is 5.92 Å². The van der Waals surface area contributed by atoms with E-state index in [9.17, 15) is 9.59 Å². The smallest absolute Gasteiger partial charge is 0.255 e. The number of anilines is 1. The van der Waals surface area contributed by atoms with Gasteiger partial charge in [-0.05, 0) is 51.0 Å². The quantitative estimate of drug-likeness (QED) is 0.710. The molecule has 2 rings (SSSR count). The molecule has 0 bridgehead atoms. The van der Waals surface area contributed by atoms with E-state index in [0.29, 0.717) is 30.0 Å². The van der Waals surface area contributed by atoms with Gasteiger partial charge < -0.3 is 15.4 Å². The first kappa shape index (κ1) is 21.5. The molecule has 0 atom stereocenters. The Morgan fingerprint density at radius 2 is 1.75 bits per heavy atom. The van der Waals surface area contributed by atoms with Crippen LogP contribution < -0.4 is 15.4 Å². The molecule has 0 spiro atoms. The molecular weight excluding hydrogens is 352 g/mol. The van der Waals surface area contributed by atoms with Crippen LogP contribution in [0.1, 0.15) is 50.5 Å². The highest BCUT2D eigenvalue weighted by atomic mass is 16.5. The summed E-state index contributed by atoms with van der Waals surface area (Å²) >= 11 is 0. The predicted molar refractivity (Wildman–Crippen MR) is 113 cm³/mol. The van der Waals surface area contributed by atoms with Gasteiger partial charge in [0.25, 0.3) is 5.91 Å². The van der Waals surface area contributed by atoms with E-state index in [2.05, 4.69) is 10.6 Å². The summed E-state index contributed by atoms with van der Waals surface area (Å²) in [7, 11) is 0. The molecule has 0 saturated heterocycles. The molecule has 5 nitrogen and oxygen atoms in total. The van der Waals surface area contributed by atoms with Crippen molar-refractivity contribution in [2.24, 2.45) is 5.92 Å². The molecule has 0 fully saturated rings. The molecule has 0 aliphatic heterocycles. The summed E-state index contributed by atoms with van der Waals surface area (Å²) in [6, 6.07) is 15.2. The molecule has 0 heterocycles. The molecule has 0 radical (unpaired) electrons. The Kier molecular flexibility index (Phi) is 7.21. The van der Waals surface area contributed by atoms with Crippen molar-refractivity contribution in [1.29, 1.82) is 0 Å². The monoisotopic (exact) mass is 382 g/mol. The lowest BCUT2D eigenvalue weighted by atomic mass is 9.94. The van der Waals surface area contributed by atoms with Gasteiger partial charge in [0.1, 0.15) is 5.75 Å². The molecule has 0 saturated carbocycles. The zero-order chi connectivity index (χ0) is 20.7. The number of rotatable bonds is 8. The van der Waals surface area contributed by atoms with Crippen molar-refractivity contribution in [2.45, 2.75) is 46.6 Å². The van der Waals surface area contributed by atoms with Gasteiger partial charge in [0, 0.05) is 17.1 Å². The molecule has 2 amide bonds. The number of hydrogen-bond acceptors (Lipinski definition) is 3. The van der Waals surface area contributed by atoms with Gasteiger partial charge in [-0.1, -0.05) is 44.2 Å². The van der Waals surface area contributed by atoms with Crippen LogP contribution in [0.4, 0.5) is 5.69 Å². The van der Waals surface area contributed by atoms with Crippen LogP contribution in [-0.2, 0) is 11.2 Å². The fourth-order valence-corrected chi connectivity index (χ4v) is 2.88. The van der Waals surface area contributed by atoms with Gasteiger partial charge in [0.15, 0.2) is 0 Å². The van der Waals surface area contributed by atoms with Gasteiger partial charge in [-0.3, -0.25) is 9.59 Å². The molecule has 0 aliphatic rings. The van der Waals surface area contributed by atoms with Crippen molar-refractivity contribution >= 4 is 17.5 Å². The minimum absolute atomic E-state index is 0.0973. The van der Waals surface area contributed by atoms with Crippen molar-refractivity contribution in [1.82, 2.24) is 5.32 Å². The van der Waals surface area contributed by atoms with E-state index in [-0.39, 0.29) is 17.7 Å². The molecule has 150 valence electrons. The average molecular weight is 383 g/mol. The maximum atomic E-state index is 13.0. The van der Waals surface area contributed by atoms with E-state index in [1.54, 1.807) is 18.2 Å². The van der Waals surface area contributed by atoms with E-state index < -0.39 is 5.54 Å².